The predicted octanol–water partition coefficient (Wildman–Crippen LogP) is 5.52. The average Bonchev–Trinajstić information content (AvgIpc) is 2.17. The van der Waals surface area contributed by atoms with Gasteiger partial charge in [-0.15, -0.1) is 0 Å². The number of rotatable bonds is 6. The van der Waals surface area contributed by atoms with Crippen LogP contribution in [0.15, 0.2) is 0 Å². The van der Waals surface area contributed by atoms with Crippen LogP contribution in [0.25, 0.3) is 0 Å². The van der Waals surface area contributed by atoms with Crippen LogP contribution in [0.5, 0.6) is 0 Å². The Balaban J connectivity index is 4.36. The molecule has 0 saturated carbocycles. The molecule has 0 radical (unpaired) electrons. The standard InChI is InChI=1S/C15H32/c1-9-14(5,6)12(3)11-13(4)15(7,8)10-2/h12-13H,9-11H2,1-8H3. The van der Waals surface area contributed by atoms with Crippen molar-refractivity contribution in [1.82, 2.24) is 0 Å². The summed E-state index contributed by atoms with van der Waals surface area (Å²) in [7, 11) is 0. The number of hydrogen-bond acceptors (Lipinski definition) is 0. The van der Waals surface area contributed by atoms with E-state index in [0.29, 0.717) is 10.8 Å². The van der Waals surface area contributed by atoms with Crippen LogP contribution in [0.4, 0.5) is 0 Å². The first-order chi connectivity index (χ1) is 6.67. The Morgan fingerprint density at radius 3 is 1.20 bits per heavy atom. The third kappa shape index (κ3) is 4.17. The third-order valence-electron chi connectivity index (χ3n) is 5.20. The van der Waals surface area contributed by atoms with Gasteiger partial charge in [-0.3, -0.25) is 0 Å². The molecule has 0 bridgehead atoms. The predicted molar refractivity (Wildman–Crippen MR) is 71.1 cm³/mol. The van der Waals surface area contributed by atoms with Crippen LogP contribution < -0.4 is 0 Å². The molecule has 0 saturated heterocycles. The van der Waals surface area contributed by atoms with Crippen molar-refractivity contribution in [3.05, 3.63) is 0 Å². The van der Waals surface area contributed by atoms with E-state index in [-0.39, 0.29) is 0 Å². The highest BCUT2D eigenvalue weighted by Crippen LogP contribution is 2.40. The summed E-state index contributed by atoms with van der Waals surface area (Å²) in [5.41, 5.74) is 0.996. The van der Waals surface area contributed by atoms with Gasteiger partial charge in [0.25, 0.3) is 0 Å². The summed E-state index contributed by atoms with van der Waals surface area (Å²) in [5.74, 6) is 1.65. The van der Waals surface area contributed by atoms with Gasteiger partial charge in [-0.2, -0.15) is 0 Å². The molecule has 2 unspecified atom stereocenters. The maximum absolute atomic E-state index is 2.42. The van der Waals surface area contributed by atoms with Crippen LogP contribution in [-0.2, 0) is 0 Å². The fourth-order valence-corrected chi connectivity index (χ4v) is 1.87. The van der Waals surface area contributed by atoms with Crippen LogP contribution in [-0.4, -0.2) is 0 Å². The molecular weight excluding hydrogens is 180 g/mol. The second-order valence-electron chi connectivity index (χ2n) is 6.72. The molecule has 0 amide bonds. The Hall–Kier alpha value is 0. The van der Waals surface area contributed by atoms with Gasteiger partial charge in [0.1, 0.15) is 0 Å². The maximum Gasteiger partial charge on any atom is -0.0331 e. The summed E-state index contributed by atoms with van der Waals surface area (Å²) in [4.78, 5) is 0. The van der Waals surface area contributed by atoms with E-state index < -0.39 is 0 Å². The molecule has 0 aromatic rings. The molecule has 0 aliphatic rings. The summed E-state index contributed by atoms with van der Waals surface area (Å²) in [6.45, 7) is 19.1. The quantitative estimate of drug-likeness (QED) is 0.543. The van der Waals surface area contributed by atoms with E-state index in [1.165, 1.54) is 19.3 Å². The van der Waals surface area contributed by atoms with Crippen LogP contribution in [0.3, 0.4) is 0 Å². The molecule has 0 aromatic carbocycles. The van der Waals surface area contributed by atoms with Gasteiger partial charge in [-0.1, -0.05) is 68.2 Å². The Morgan fingerprint density at radius 1 is 0.733 bits per heavy atom. The van der Waals surface area contributed by atoms with Crippen molar-refractivity contribution in [3.63, 3.8) is 0 Å². The van der Waals surface area contributed by atoms with E-state index in [1.54, 1.807) is 0 Å². The molecule has 0 aliphatic heterocycles. The Morgan fingerprint density at radius 2 is 1.00 bits per heavy atom. The Labute approximate surface area is 97.8 Å². The second kappa shape index (κ2) is 5.37. The first-order valence-corrected chi connectivity index (χ1v) is 6.67. The van der Waals surface area contributed by atoms with Crippen molar-refractivity contribution in [1.29, 1.82) is 0 Å². The van der Waals surface area contributed by atoms with Gasteiger partial charge in [0.05, 0.1) is 0 Å². The van der Waals surface area contributed by atoms with E-state index >= 15 is 0 Å². The lowest BCUT2D eigenvalue weighted by Crippen LogP contribution is -2.28. The molecule has 0 N–H and O–H groups in total. The average molecular weight is 212 g/mol. The highest BCUT2D eigenvalue weighted by atomic mass is 14.4. The molecule has 2 atom stereocenters. The minimum absolute atomic E-state index is 0.498. The normalized spacial score (nSPS) is 17.6. The molecular formula is C15H32. The lowest BCUT2D eigenvalue weighted by Gasteiger charge is -2.38. The van der Waals surface area contributed by atoms with Crippen LogP contribution in [0.2, 0.25) is 0 Å². The molecule has 0 aliphatic carbocycles. The van der Waals surface area contributed by atoms with Crippen LogP contribution in [0, 0.1) is 22.7 Å². The first-order valence-electron chi connectivity index (χ1n) is 6.67. The third-order valence-corrected chi connectivity index (χ3v) is 5.20. The Kier molecular flexibility index (Phi) is 5.37. The topological polar surface area (TPSA) is 0 Å². The highest BCUT2D eigenvalue weighted by molar-refractivity contribution is 4.80. The van der Waals surface area contributed by atoms with Gasteiger partial charge in [-0.25, -0.2) is 0 Å². The molecule has 0 heterocycles. The van der Waals surface area contributed by atoms with Gasteiger partial charge >= 0.3 is 0 Å². The lowest BCUT2D eigenvalue weighted by atomic mass is 9.68. The van der Waals surface area contributed by atoms with E-state index in [1.807, 2.05) is 0 Å². The van der Waals surface area contributed by atoms with Crippen molar-refractivity contribution >= 4 is 0 Å². The largest absolute Gasteiger partial charge is 0.0649 e. The monoisotopic (exact) mass is 212 g/mol. The number of hydrogen-bond donors (Lipinski definition) is 0. The van der Waals surface area contributed by atoms with Crippen molar-refractivity contribution in [2.24, 2.45) is 22.7 Å². The van der Waals surface area contributed by atoms with E-state index in [4.69, 9.17) is 0 Å². The molecule has 0 heteroatoms. The van der Waals surface area contributed by atoms with Crippen molar-refractivity contribution < 1.29 is 0 Å². The summed E-state index contributed by atoms with van der Waals surface area (Å²) < 4.78 is 0. The minimum Gasteiger partial charge on any atom is -0.0649 e. The molecule has 0 nitrogen and oxygen atoms in total. The zero-order valence-corrected chi connectivity index (χ0v) is 12.3. The summed E-state index contributed by atoms with van der Waals surface area (Å²) >= 11 is 0. The van der Waals surface area contributed by atoms with E-state index in [2.05, 4.69) is 55.4 Å². The van der Waals surface area contributed by atoms with E-state index in [0.717, 1.165) is 11.8 Å². The van der Waals surface area contributed by atoms with Crippen molar-refractivity contribution in [2.75, 3.05) is 0 Å². The Bertz CT molecular complexity index is 156. The SMILES string of the molecule is CCC(C)(C)C(C)CC(C)C(C)(C)CC. The second-order valence-corrected chi connectivity index (χ2v) is 6.72. The summed E-state index contributed by atoms with van der Waals surface area (Å²) in [6.07, 6.45) is 3.93. The fraction of sp³-hybridized carbons (Fsp3) is 1.00. The lowest BCUT2D eigenvalue weighted by molar-refractivity contribution is 0.127. The van der Waals surface area contributed by atoms with Gasteiger partial charge in [0, 0.05) is 0 Å². The van der Waals surface area contributed by atoms with Gasteiger partial charge in [0.15, 0.2) is 0 Å². The van der Waals surface area contributed by atoms with Crippen LogP contribution >= 0.6 is 0 Å². The molecule has 92 valence electrons. The van der Waals surface area contributed by atoms with Gasteiger partial charge < -0.3 is 0 Å². The van der Waals surface area contributed by atoms with E-state index in [9.17, 15) is 0 Å². The first kappa shape index (κ1) is 15.0. The molecule has 0 spiro atoms. The molecule has 0 aromatic heterocycles. The fourth-order valence-electron chi connectivity index (χ4n) is 1.87. The molecule has 15 heavy (non-hydrogen) atoms. The highest BCUT2D eigenvalue weighted by Gasteiger charge is 2.30. The maximum atomic E-state index is 2.42. The van der Waals surface area contributed by atoms with Crippen LogP contribution in [0.1, 0.15) is 74.7 Å². The minimum atomic E-state index is 0.498. The molecule has 0 rings (SSSR count). The van der Waals surface area contributed by atoms with Gasteiger partial charge in [0.2, 0.25) is 0 Å². The van der Waals surface area contributed by atoms with Gasteiger partial charge in [-0.05, 0) is 29.1 Å². The van der Waals surface area contributed by atoms with Crippen molar-refractivity contribution in [3.8, 4) is 0 Å². The zero-order valence-electron chi connectivity index (χ0n) is 12.3. The zero-order chi connectivity index (χ0) is 12.3. The summed E-state index contributed by atoms with van der Waals surface area (Å²) in [6, 6.07) is 0. The summed E-state index contributed by atoms with van der Waals surface area (Å²) in [5, 5.41) is 0. The van der Waals surface area contributed by atoms with Crippen molar-refractivity contribution in [2.45, 2.75) is 74.7 Å². The molecule has 0 fully saturated rings. The smallest absolute Gasteiger partial charge is 0.0331 e.